The summed E-state index contributed by atoms with van der Waals surface area (Å²) in [7, 11) is 0. The van der Waals surface area contributed by atoms with Crippen molar-refractivity contribution in [1.29, 1.82) is 5.26 Å². The van der Waals surface area contributed by atoms with Crippen molar-refractivity contribution >= 4 is 11.6 Å². The molecule has 2 aromatic rings. The number of halogens is 1. The van der Waals surface area contributed by atoms with Gasteiger partial charge < -0.3 is 14.8 Å². The number of anilines is 1. The monoisotopic (exact) mass is 396 g/mol. The fourth-order valence-electron chi connectivity index (χ4n) is 3.49. The Balaban J connectivity index is 1.88. The molecule has 0 aromatic heterocycles. The standard InChI is InChI=1S/C23H25FN2O3/c1-3-16(2)29-20-8-9-21(17(14-20)15-25)26-22(27)23(10-12-28-13-11-23)18-4-6-19(24)7-5-18/h4-9,14,16H,3,10-13H2,1-2H3,(H,26,27)/t16-/m1/s1. The second-order valence-corrected chi connectivity index (χ2v) is 7.31. The molecule has 1 amide bonds. The highest BCUT2D eigenvalue weighted by atomic mass is 19.1. The summed E-state index contributed by atoms with van der Waals surface area (Å²) in [6.45, 7) is 4.86. The summed E-state index contributed by atoms with van der Waals surface area (Å²) in [4.78, 5) is 13.4. The number of hydrogen-bond donors (Lipinski definition) is 1. The molecule has 1 fully saturated rings. The van der Waals surface area contributed by atoms with Gasteiger partial charge in [-0.1, -0.05) is 19.1 Å². The minimum Gasteiger partial charge on any atom is -0.491 e. The summed E-state index contributed by atoms with van der Waals surface area (Å²) >= 11 is 0. The van der Waals surface area contributed by atoms with Crippen LogP contribution < -0.4 is 10.1 Å². The van der Waals surface area contributed by atoms with Crippen molar-refractivity contribution in [3.05, 3.63) is 59.4 Å². The third-order valence-corrected chi connectivity index (χ3v) is 5.45. The lowest BCUT2D eigenvalue weighted by Gasteiger charge is -2.36. The smallest absolute Gasteiger partial charge is 0.235 e. The average Bonchev–Trinajstić information content (AvgIpc) is 2.75. The first-order valence-corrected chi connectivity index (χ1v) is 9.84. The van der Waals surface area contributed by atoms with Crippen LogP contribution in [0.4, 0.5) is 10.1 Å². The van der Waals surface area contributed by atoms with Crippen molar-refractivity contribution in [2.24, 2.45) is 0 Å². The number of carbonyl (C=O) groups is 1. The summed E-state index contributed by atoms with van der Waals surface area (Å²) in [6.07, 6.45) is 1.86. The normalized spacial score (nSPS) is 16.5. The second-order valence-electron chi connectivity index (χ2n) is 7.31. The van der Waals surface area contributed by atoms with Crippen LogP contribution in [-0.2, 0) is 14.9 Å². The van der Waals surface area contributed by atoms with E-state index in [9.17, 15) is 14.4 Å². The van der Waals surface area contributed by atoms with E-state index in [1.165, 1.54) is 12.1 Å². The van der Waals surface area contributed by atoms with E-state index < -0.39 is 5.41 Å². The summed E-state index contributed by atoms with van der Waals surface area (Å²) in [5, 5.41) is 12.5. The Hall–Kier alpha value is -2.91. The van der Waals surface area contributed by atoms with Crippen molar-refractivity contribution in [1.82, 2.24) is 0 Å². The third-order valence-electron chi connectivity index (χ3n) is 5.45. The molecule has 1 atom stereocenters. The van der Waals surface area contributed by atoms with Crippen molar-refractivity contribution in [3.63, 3.8) is 0 Å². The summed E-state index contributed by atoms with van der Waals surface area (Å²) in [5.74, 6) is 0.0211. The van der Waals surface area contributed by atoms with Crippen LogP contribution in [0, 0.1) is 17.1 Å². The van der Waals surface area contributed by atoms with Gasteiger partial charge >= 0.3 is 0 Å². The fraction of sp³-hybridized carbons (Fsp3) is 0.391. The second kappa shape index (κ2) is 9.06. The highest BCUT2D eigenvalue weighted by Gasteiger charge is 2.42. The molecule has 3 rings (SSSR count). The molecule has 0 radical (unpaired) electrons. The lowest BCUT2D eigenvalue weighted by atomic mass is 9.73. The van der Waals surface area contributed by atoms with Crippen LogP contribution in [0.2, 0.25) is 0 Å². The lowest BCUT2D eigenvalue weighted by Crippen LogP contribution is -2.45. The molecular weight excluding hydrogens is 371 g/mol. The molecule has 152 valence electrons. The molecule has 0 saturated carbocycles. The summed E-state index contributed by atoms with van der Waals surface area (Å²) in [5.41, 5.74) is 0.683. The van der Waals surface area contributed by atoms with Crippen LogP contribution in [-0.4, -0.2) is 25.2 Å². The van der Waals surface area contributed by atoms with Gasteiger partial charge in [0.05, 0.1) is 22.8 Å². The predicted molar refractivity (Wildman–Crippen MR) is 108 cm³/mol. The number of benzene rings is 2. The maximum atomic E-state index is 13.4. The van der Waals surface area contributed by atoms with E-state index in [4.69, 9.17) is 9.47 Å². The number of nitrogens with zero attached hydrogens (tertiary/aromatic N) is 1. The zero-order chi connectivity index (χ0) is 20.9. The quantitative estimate of drug-likeness (QED) is 0.777. The van der Waals surface area contributed by atoms with Gasteiger partial charge in [0.2, 0.25) is 5.91 Å². The number of nitrogens with one attached hydrogen (secondary N) is 1. The van der Waals surface area contributed by atoms with Gasteiger partial charge in [-0.3, -0.25) is 4.79 Å². The number of rotatable bonds is 6. The van der Waals surface area contributed by atoms with Gasteiger partial charge in [-0.25, -0.2) is 4.39 Å². The molecule has 1 aliphatic rings. The highest BCUT2D eigenvalue weighted by molar-refractivity contribution is 6.00. The van der Waals surface area contributed by atoms with E-state index in [0.717, 1.165) is 12.0 Å². The Morgan fingerprint density at radius 3 is 2.59 bits per heavy atom. The predicted octanol–water partition coefficient (Wildman–Crippen LogP) is 4.56. The van der Waals surface area contributed by atoms with Gasteiger partial charge in [0.15, 0.2) is 0 Å². The molecule has 0 bridgehead atoms. The first-order chi connectivity index (χ1) is 14.0. The maximum absolute atomic E-state index is 13.4. The Morgan fingerprint density at radius 2 is 1.97 bits per heavy atom. The van der Waals surface area contributed by atoms with E-state index >= 15 is 0 Å². The SMILES string of the molecule is CC[C@@H](C)Oc1ccc(NC(=O)C2(c3ccc(F)cc3)CCOCC2)c(C#N)c1. The lowest BCUT2D eigenvalue weighted by molar-refractivity contribution is -0.125. The van der Waals surface area contributed by atoms with Crippen LogP contribution in [0.1, 0.15) is 44.2 Å². The Kier molecular flexibility index (Phi) is 6.50. The number of nitriles is 1. The number of hydrogen-bond acceptors (Lipinski definition) is 4. The molecule has 5 nitrogen and oxygen atoms in total. The van der Waals surface area contributed by atoms with E-state index in [2.05, 4.69) is 11.4 Å². The molecule has 1 N–H and O–H groups in total. The molecule has 1 saturated heterocycles. The topological polar surface area (TPSA) is 71.3 Å². The molecule has 1 heterocycles. The Morgan fingerprint density at radius 1 is 1.28 bits per heavy atom. The van der Waals surface area contributed by atoms with Crippen LogP contribution in [0.25, 0.3) is 0 Å². The van der Waals surface area contributed by atoms with Crippen LogP contribution in [0.15, 0.2) is 42.5 Å². The molecule has 0 unspecified atom stereocenters. The Bertz CT molecular complexity index is 899. The third kappa shape index (κ3) is 4.57. The first kappa shape index (κ1) is 20.8. The zero-order valence-electron chi connectivity index (χ0n) is 16.7. The maximum Gasteiger partial charge on any atom is 0.235 e. The molecule has 2 aromatic carbocycles. The van der Waals surface area contributed by atoms with Crippen LogP contribution >= 0.6 is 0 Å². The summed E-state index contributed by atoms with van der Waals surface area (Å²) in [6, 6.07) is 13.2. The van der Waals surface area contributed by atoms with Gasteiger partial charge in [0, 0.05) is 19.3 Å². The molecule has 1 aliphatic heterocycles. The van der Waals surface area contributed by atoms with E-state index in [1.807, 2.05) is 13.8 Å². The first-order valence-electron chi connectivity index (χ1n) is 9.84. The van der Waals surface area contributed by atoms with Gasteiger partial charge in [0.1, 0.15) is 17.6 Å². The molecule has 0 aliphatic carbocycles. The molecule has 6 heteroatoms. The minimum absolute atomic E-state index is 0.0333. The van der Waals surface area contributed by atoms with E-state index in [0.29, 0.717) is 43.1 Å². The minimum atomic E-state index is -0.829. The number of ether oxygens (including phenoxy) is 2. The van der Waals surface area contributed by atoms with Gasteiger partial charge in [-0.2, -0.15) is 5.26 Å². The van der Waals surface area contributed by atoms with Crippen molar-refractivity contribution in [3.8, 4) is 11.8 Å². The molecule has 29 heavy (non-hydrogen) atoms. The highest BCUT2D eigenvalue weighted by Crippen LogP contribution is 2.37. The van der Waals surface area contributed by atoms with E-state index in [1.54, 1.807) is 30.3 Å². The number of amides is 1. The number of carbonyl (C=O) groups excluding carboxylic acids is 1. The fourth-order valence-corrected chi connectivity index (χ4v) is 3.49. The zero-order valence-corrected chi connectivity index (χ0v) is 16.7. The molecular formula is C23H25FN2O3. The van der Waals surface area contributed by atoms with E-state index in [-0.39, 0.29) is 17.8 Å². The van der Waals surface area contributed by atoms with Gasteiger partial charge in [-0.15, -0.1) is 0 Å². The largest absolute Gasteiger partial charge is 0.491 e. The van der Waals surface area contributed by atoms with Crippen LogP contribution in [0.5, 0.6) is 5.75 Å². The van der Waals surface area contributed by atoms with Gasteiger partial charge in [0.25, 0.3) is 0 Å². The average molecular weight is 396 g/mol. The van der Waals surface area contributed by atoms with Crippen molar-refractivity contribution < 1.29 is 18.7 Å². The van der Waals surface area contributed by atoms with Crippen LogP contribution in [0.3, 0.4) is 0 Å². The van der Waals surface area contributed by atoms with Gasteiger partial charge in [-0.05, 0) is 56.0 Å². The molecule has 0 spiro atoms. The van der Waals surface area contributed by atoms with Crippen molar-refractivity contribution in [2.75, 3.05) is 18.5 Å². The summed E-state index contributed by atoms with van der Waals surface area (Å²) < 4.78 is 24.6. The Labute approximate surface area is 170 Å². The van der Waals surface area contributed by atoms with Crippen molar-refractivity contribution in [2.45, 2.75) is 44.6 Å².